The van der Waals surface area contributed by atoms with E-state index >= 15 is 0 Å². The molecule has 74 valence electrons. The number of alkyl halides is 2. The van der Waals surface area contributed by atoms with Gasteiger partial charge in [0.25, 0.3) is 6.43 Å². The summed E-state index contributed by atoms with van der Waals surface area (Å²) in [5.74, 6) is -0.714. The van der Waals surface area contributed by atoms with Crippen LogP contribution in [0, 0.1) is 24.1 Å². The second-order valence-electron chi connectivity index (χ2n) is 2.73. The van der Waals surface area contributed by atoms with Crippen LogP contribution in [-0.2, 0) is 6.42 Å². The Morgan fingerprint density at radius 2 is 2.21 bits per heavy atom. The quantitative estimate of drug-likeness (QED) is 0.735. The fourth-order valence-electron chi connectivity index (χ4n) is 1.15. The van der Waals surface area contributed by atoms with E-state index in [0.717, 1.165) is 6.20 Å². The zero-order chi connectivity index (χ0) is 10.7. The molecule has 0 fully saturated rings. The average Bonchev–Trinajstić information content (AvgIpc) is 2.11. The van der Waals surface area contributed by atoms with Gasteiger partial charge in [-0.3, -0.25) is 4.98 Å². The third kappa shape index (κ3) is 1.84. The van der Waals surface area contributed by atoms with E-state index in [0.29, 0.717) is 0 Å². The SMILES string of the molecule is Cc1c(C(F)F)ncc(F)c1CC#N. The highest BCUT2D eigenvalue weighted by Crippen LogP contribution is 2.24. The number of halogens is 3. The molecule has 0 unspecified atom stereocenters. The summed E-state index contributed by atoms with van der Waals surface area (Å²) in [7, 11) is 0. The largest absolute Gasteiger partial charge is 0.280 e. The maximum Gasteiger partial charge on any atom is 0.280 e. The molecule has 0 saturated heterocycles. The first kappa shape index (κ1) is 10.5. The molecule has 1 aromatic heterocycles. The first-order valence-corrected chi connectivity index (χ1v) is 3.87. The Hall–Kier alpha value is -1.57. The number of hydrogen-bond donors (Lipinski definition) is 0. The van der Waals surface area contributed by atoms with Crippen LogP contribution in [0.15, 0.2) is 6.20 Å². The predicted molar refractivity (Wildman–Crippen MR) is 43.2 cm³/mol. The molecule has 0 aliphatic carbocycles. The molecule has 0 bridgehead atoms. The van der Waals surface area contributed by atoms with Crippen LogP contribution < -0.4 is 0 Å². The molecule has 0 atom stereocenters. The van der Waals surface area contributed by atoms with Gasteiger partial charge in [-0.1, -0.05) is 0 Å². The fraction of sp³-hybridized carbons (Fsp3) is 0.333. The maximum atomic E-state index is 13.0. The van der Waals surface area contributed by atoms with Crippen molar-refractivity contribution in [2.75, 3.05) is 0 Å². The van der Waals surface area contributed by atoms with Crippen molar-refractivity contribution in [3.05, 3.63) is 28.8 Å². The molecule has 1 heterocycles. The van der Waals surface area contributed by atoms with Crippen LogP contribution in [0.1, 0.15) is 23.2 Å². The molecule has 5 heteroatoms. The number of hydrogen-bond acceptors (Lipinski definition) is 2. The van der Waals surface area contributed by atoms with Crippen molar-refractivity contribution in [1.82, 2.24) is 4.98 Å². The van der Waals surface area contributed by atoms with Gasteiger partial charge < -0.3 is 0 Å². The van der Waals surface area contributed by atoms with E-state index in [9.17, 15) is 13.2 Å². The highest BCUT2D eigenvalue weighted by atomic mass is 19.3. The van der Waals surface area contributed by atoms with Crippen molar-refractivity contribution < 1.29 is 13.2 Å². The summed E-state index contributed by atoms with van der Waals surface area (Å²) in [6, 6.07) is 1.72. The van der Waals surface area contributed by atoms with E-state index in [4.69, 9.17) is 5.26 Å². The summed E-state index contributed by atoms with van der Waals surface area (Å²) in [6.07, 6.45) is -2.24. The van der Waals surface area contributed by atoms with Gasteiger partial charge in [-0.25, -0.2) is 13.2 Å². The van der Waals surface area contributed by atoms with Crippen molar-refractivity contribution >= 4 is 0 Å². The number of nitriles is 1. The second-order valence-corrected chi connectivity index (χ2v) is 2.73. The average molecular weight is 200 g/mol. The molecule has 0 aliphatic heterocycles. The molecule has 0 saturated carbocycles. The molecule has 0 aromatic carbocycles. The summed E-state index contributed by atoms with van der Waals surface area (Å²) < 4.78 is 37.6. The Balaban J connectivity index is 3.27. The molecule has 0 spiro atoms. The van der Waals surface area contributed by atoms with Gasteiger partial charge in [0.2, 0.25) is 0 Å². The van der Waals surface area contributed by atoms with Crippen molar-refractivity contribution in [1.29, 1.82) is 5.26 Å². The van der Waals surface area contributed by atoms with Gasteiger partial charge in [-0.15, -0.1) is 0 Å². The summed E-state index contributed by atoms with van der Waals surface area (Å²) in [5.41, 5.74) is -0.406. The van der Waals surface area contributed by atoms with Crippen LogP contribution in [-0.4, -0.2) is 4.98 Å². The molecule has 1 rings (SSSR count). The zero-order valence-corrected chi connectivity index (χ0v) is 7.39. The molecule has 14 heavy (non-hydrogen) atoms. The molecule has 2 nitrogen and oxygen atoms in total. The van der Waals surface area contributed by atoms with Crippen LogP contribution in [0.25, 0.3) is 0 Å². The third-order valence-corrected chi connectivity index (χ3v) is 1.90. The number of pyridine rings is 1. The van der Waals surface area contributed by atoms with Gasteiger partial charge >= 0.3 is 0 Å². The zero-order valence-electron chi connectivity index (χ0n) is 7.39. The lowest BCUT2D eigenvalue weighted by Crippen LogP contribution is -2.02. The minimum atomic E-state index is -2.74. The molecule has 1 aromatic rings. The van der Waals surface area contributed by atoms with E-state index in [1.54, 1.807) is 6.07 Å². The van der Waals surface area contributed by atoms with Gasteiger partial charge in [0, 0.05) is 5.56 Å². The highest BCUT2D eigenvalue weighted by molar-refractivity contribution is 5.32. The summed E-state index contributed by atoms with van der Waals surface area (Å²) in [5, 5.41) is 8.37. The smallest absolute Gasteiger partial charge is 0.252 e. The van der Waals surface area contributed by atoms with Crippen LogP contribution in [0.2, 0.25) is 0 Å². The molecular weight excluding hydrogens is 193 g/mol. The summed E-state index contributed by atoms with van der Waals surface area (Å²) in [4.78, 5) is 3.29. The third-order valence-electron chi connectivity index (χ3n) is 1.90. The second kappa shape index (κ2) is 4.09. The highest BCUT2D eigenvalue weighted by Gasteiger charge is 2.17. The van der Waals surface area contributed by atoms with Gasteiger partial charge in [-0.2, -0.15) is 5.26 Å². The van der Waals surface area contributed by atoms with E-state index in [-0.39, 0.29) is 17.5 Å². The molecule has 0 amide bonds. The van der Waals surface area contributed by atoms with Crippen LogP contribution in [0.3, 0.4) is 0 Å². The Morgan fingerprint density at radius 1 is 1.57 bits per heavy atom. The molecule has 0 aliphatic rings. The van der Waals surface area contributed by atoms with E-state index in [1.165, 1.54) is 6.92 Å². The first-order chi connectivity index (χ1) is 6.57. The molecule has 0 radical (unpaired) electrons. The Morgan fingerprint density at radius 3 is 2.71 bits per heavy atom. The number of nitrogens with zero attached hydrogens (tertiary/aromatic N) is 2. The van der Waals surface area contributed by atoms with E-state index in [1.807, 2.05) is 0 Å². The minimum Gasteiger partial charge on any atom is -0.252 e. The molecular formula is C9H7F3N2. The van der Waals surface area contributed by atoms with Gasteiger partial charge in [0.1, 0.15) is 11.5 Å². The fourth-order valence-corrected chi connectivity index (χ4v) is 1.15. The summed E-state index contributed by atoms with van der Waals surface area (Å²) in [6.45, 7) is 1.34. The Labute approximate surface area is 79.0 Å². The monoisotopic (exact) mass is 200 g/mol. The lowest BCUT2D eigenvalue weighted by Gasteiger charge is -2.07. The normalized spacial score (nSPS) is 10.3. The summed E-state index contributed by atoms with van der Waals surface area (Å²) >= 11 is 0. The van der Waals surface area contributed by atoms with Crippen molar-refractivity contribution in [3.63, 3.8) is 0 Å². The number of rotatable bonds is 2. The van der Waals surface area contributed by atoms with E-state index < -0.39 is 17.9 Å². The lowest BCUT2D eigenvalue weighted by molar-refractivity contribution is 0.145. The van der Waals surface area contributed by atoms with Gasteiger partial charge in [0.15, 0.2) is 0 Å². The van der Waals surface area contributed by atoms with Crippen molar-refractivity contribution in [2.45, 2.75) is 19.8 Å². The van der Waals surface area contributed by atoms with Crippen molar-refractivity contribution in [2.24, 2.45) is 0 Å². The Bertz CT molecular complexity index is 382. The van der Waals surface area contributed by atoms with Gasteiger partial charge in [-0.05, 0) is 12.5 Å². The van der Waals surface area contributed by atoms with E-state index in [2.05, 4.69) is 4.98 Å². The Kier molecular flexibility index (Phi) is 3.07. The maximum absolute atomic E-state index is 13.0. The van der Waals surface area contributed by atoms with Crippen LogP contribution >= 0.6 is 0 Å². The van der Waals surface area contributed by atoms with Gasteiger partial charge in [0.05, 0.1) is 18.7 Å². The van der Waals surface area contributed by atoms with Crippen LogP contribution in [0.5, 0.6) is 0 Å². The minimum absolute atomic E-state index is 0.00204. The topological polar surface area (TPSA) is 36.7 Å². The lowest BCUT2D eigenvalue weighted by atomic mass is 10.1. The standard InChI is InChI=1S/C9H7F3N2/c1-5-6(2-3-13)7(10)4-14-8(5)9(11)12/h4,9H,2H2,1H3. The van der Waals surface area contributed by atoms with Crippen molar-refractivity contribution in [3.8, 4) is 6.07 Å². The number of aromatic nitrogens is 1. The van der Waals surface area contributed by atoms with Crippen LogP contribution in [0.4, 0.5) is 13.2 Å². The first-order valence-electron chi connectivity index (χ1n) is 3.87. The predicted octanol–water partition coefficient (Wildman–Crippen LogP) is 2.53. The molecule has 0 N–H and O–H groups in total.